The predicted octanol–water partition coefficient (Wildman–Crippen LogP) is 3.29. The van der Waals surface area contributed by atoms with Crippen LogP contribution in [0.5, 0.6) is 0 Å². The van der Waals surface area contributed by atoms with Crippen molar-refractivity contribution in [2.45, 2.75) is 0 Å². The van der Waals surface area contributed by atoms with Gasteiger partial charge in [0.25, 0.3) is 5.91 Å². The molecule has 0 aliphatic carbocycles. The Morgan fingerprint density at radius 1 is 1.30 bits per heavy atom. The van der Waals surface area contributed by atoms with E-state index < -0.39 is 0 Å². The van der Waals surface area contributed by atoms with Crippen molar-refractivity contribution in [1.82, 2.24) is 9.97 Å². The summed E-state index contributed by atoms with van der Waals surface area (Å²) in [5, 5.41) is 3.23. The summed E-state index contributed by atoms with van der Waals surface area (Å²) in [6.07, 6.45) is 1.63. The fraction of sp³-hybridized carbons (Fsp3) is 0. The lowest BCUT2D eigenvalue weighted by Crippen LogP contribution is -2.12. The molecular formula is C13H9BrN4OS. The van der Waals surface area contributed by atoms with E-state index in [-0.39, 0.29) is 5.91 Å². The van der Waals surface area contributed by atoms with Gasteiger partial charge in [-0.3, -0.25) is 4.79 Å². The summed E-state index contributed by atoms with van der Waals surface area (Å²) in [5.41, 5.74) is 6.99. The molecule has 0 unspecified atom stereocenters. The molecule has 2 aromatic heterocycles. The van der Waals surface area contributed by atoms with Crippen molar-refractivity contribution in [2.24, 2.45) is 0 Å². The molecule has 0 aliphatic heterocycles. The van der Waals surface area contributed by atoms with Crippen LogP contribution in [0, 0.1) is 0 Å². The van der Waals surface area contributed by atoms with E-state index in [1.807, 2.05) is 6.07 Å². The Morgan fingerprint density at radius 2 is 2.15 bits per heavy atom. The zero-order valence-corrected chi connectivity index (χ0v) is 12.5. The first-order chi connectivity index (χ1) is 9.61. The monoisotopic (exact) mass is 348 g/mol. The quantitative estimate of drug-likeness (QED) is 0.744. The first-order valence-corrected chi connectivity index (χ1v) is 7.32. The second kappa shape index (κ2) is 5.18. The number of anilines is 2. The highest BCUT2D eigenvalue weighted by Gasteiger charge is 2.09. The molecule has 3 aromatic rings. The van der Waals surface area contributed by atoms with Gasteiger partial charge in [-0.2, -0.15) is 0 Å². The summed E-state index contributed by atoms with van der Waals surface area (Å²) in [6, 6.07) is 8.82. The zero-order chi connectivity index (χ0) is 14.1. The molecule has 3 rings (SSSR count). The van der Waals surface area contributed by atoms with E-state index >= 15 is 0 Å². The highest BCUT2D eigenvalue weighted by molar-refractivity contribution is 9.10. The van der Waals surface area contributed by atoms with Crippen molar-refractivity contribution in [3.63, 3.8) is 0 Å². The van der Waals surface area contributed by atoms with Crippen LogP contribution in [0.1, 0.15) is 10.4 Å². The van der Waals surface area contributed by atoms with E-state index in [0.29, 0.717) is 16.5 Å². The lowest BCUT2D eigenvalue weighted by molar-refractivity contribution is 0.102. The Hall–Kier alpha value is -1.99. The Labute approximate surface area is 127 Å². The highest BCUT2D eigenvalue weighted by atomic mass is 79.9. The van der Waals surface area contributed by atoms with Crippen LogP contribution in [0.3, 0.4) is 0 Å². The van der Waals surface area contributed by atoms with E-state index in [4.69, 9.17) is 5.73 Å². The SMILES string of the molecule is Nc1nc2ccc(C(=O)Nc3ccc(Br)cn3)cc2s1. The molecule has 100 valence electrons. The van der Waals surface area contributed by atoms with E-state index in [9.17, 15) is 4.79 Å². The largest absolute Gasteiger partial charge is 0.375 e. The number of nitrogens with one attached hydrogen (secondary N) is 1. The highest BCUT2D eigenvalue weighted by Crippen LogP contribution is 2.24. The first-order valence-electron chi connectivity index (χ1n) is 5.71. The number of pyridine rings is 1. The number of aromatic nitrogens is 2. The lowest BCUT2D eigenvalue weighted by Gasteiger charge is -2.04. The van der Waals surface area contributed by atoms with Crippen LogP contribution in [0.15, 0.2) is 41.0 Å². The number of thiazole rings is 1. The number of fused-ring (bicyclic) bond motifs is 1. The molecule has 7 heteroatoms. The maximum Gasteiger partial charge on any atom is 0.256 e. The fourth-order valence-electron chi connectivity index (χ4n) is 1.72. The molecular weight excluding hydrogens is 340 g/mol. The average Bonchev–Trinajstić information content (AvgIpc) is 2.80. The van der Waals surface area contributed by atoms with Crippen molar-refractivity contribution < 1.29 is 4.79 Å². The van der Waals surface area contributed by atoms with Gasteiger partial charge in [0.1, 0.15) is 5.82 Å². The van der Waals surface area contributed by atoms with Crippen molar-refractivity contribution in [3.05, 3.63) is 46.6 Å². The minimum absolute atomic E-state index is 0.214. The summed E-state index contributed by atoms with van der Waals surface area (Å²) < 4.78 is 1.75. The third-order valence-electron chi connectivity index (χ3n) is 2.64. The van der Waals surface area contributed by atoms with E-state index in [0.717, 1.165) is 14.7 Å². The molecule has 0 spiro atoms. The third-order valence-corrected chi connectivity index (χ3v) is 3.95. The van der Waals surface area contributed by atoms with Crippen molar-refractivity contribution in [1.29, 1.82) is 0 Å². The molecule has 0 atom stereocenters. The molecule has 3 N–H and O–H groups in total. The molecule has 1 amide bonds. The smallest absolute Gasteiger partial charge is 0.256 e. The van der Waals surface area contributed by atoms with Gasteiger partial charge in [-0.25, -0.2) is 9.97 Å². The van der Waals surface area contributed by atoms with Gasteiger partial charge in [0, 0.05) is 16.2 Å². The van der Waals surface area contributed by atoms with Gasteiger partial charge in [-0.15, -0.1) is 0 Å². The van der Waals surface area contributed by atoms with E-state index in [1.54, 1.807) is 30.5 Å². The minimum Gasteiger partial charge on any atom is -0.375 e. The fourth-order valence-corrected chi connectivity index (χ4v) is 2.73. The number of hydrogen-bond donors (Lipinski definition) is 2. The van der Waals surface area contributed by atoms with Gasteiger partial charge in [0.15, 0.2) is 5.13 Å². The number of carbonyl (C=O) groups is 1. The first kappa shape index (κ1) is 13.0. The van der Waals surface area contributed by atoms with Gasteiger partial charge in [-0.05, 0) is 46.3 Å². The topological polar surface area (TPSA) is 80.9 Å². The number of amides is 1. The Bertz CT molecular complexity index is 785. The van der Waals surface area contributed by atoms with E-state index in [1.165, 1.54) is 11.3 Å². The molecule has 0 aliphatic rings. The maximum absolute atomic E-state index is 12.1. The van der Waals surface area contributed by atoms with Gasteiger partial charge < -0.3 is 11.1 Å². The summed E-state index contributed by atoms with van der Waals surface area (Å²) >= 11 is 4.65. The summed E-state index contributed by atoms with van der Waals surface area (Å²) in [4.78, 5) is 20.4. The number of nitrogens with two attached hydrogens (primary N) is 1. The molecule has 0 saturated carbocycles. The molecule has 2 heterocycles. The number of nitrogens with zero attached hydrogens (tertiary/aromatic N) is 2. The molecule has 0 fully saturated rings. The second-order valence-corrected chi connectivity index (χ2v) is 6.03. The Morgan fingerprint density at radius 3 is 2.90 bits per heavy atom. The van der Waals surface area contributed by atoms with Gasteiger partial charge >= 0.3 is 0 Å². The van der Waals surface area contributed by atoms with Gasteiger partial charge in [0.2, 0.25) is 0 Å². The molecule has 0 bridgehead atoms. The molecule has 0 saturated heterocycles. The maximum atomic E-state index is 12.1. The second-order valence-electron chi connectivity index (χ2n) is 4.05. The van der Waals surface area contributed by atoms with Crippen molar-refractivity contribution in [2.75, 3.05) is 11.1 Å². The van der Waals surface area contributed by atoms with Crippen LogP contribution in [0.2, 0.25) is 0 Å². The number of benzene rings is 1. The molecule has 0 radical (unpaired) electrons. The predicted molar refractivity (Wildman–Crippen MR) is 83.9 cm³/mol. The summed E-state index contributed by atoms with van der Waals surface area (Å²) in [6.45, 7) is 0. The number of nitrogen functional groups attached to an aromatic ring is 1. The Balaban J connectivity index is 1.86. The van der Waals surface area contributed by atoms with Crippen molar-refractivity contribution >= 4 is 54.3 Å². The van der Waals surface area contributed by atoms with E-state index in [2.05, 4.69) is 31.2 Å². The number of rotatable bonds is 2. The number of halogens is 1. The van der Waals surface area contributed by atoms with Crippen LogP contribution in [-0.2, 0) is 0 Å². The minimum atomic E-state index is -0.214. The van der Waals surface area contributed by atoms with Crippen LogP contribution in [0.25, 0.3) is 10.2 Å². The van der Waals surface area contributed by atoms with Crippen LogP contribution >= 0.6 is 27.3 Å². The zero-order valence-electron chi connectivity index (χ0n) is 10.1. The molecule has 5 nitrogen and oxygen atoms in total. The average molecular weight is 349 g/mol. The van der Waals surface area contributed by atoms with Crippen LogP contribution < -0.4 is 11.1 Å². The van der Waals surface area contributed by atoms with Crippen LogP contribution in [-0.4, -0.2) is 15.9 Å². The van der Waals surface area contributed by atoms with Gasteiger partial charge in [-0.1, -0.05) is 11.3 Å². The molecule has 1 aromatic carbocycles. The molecule has 20 heavy (non-hydrogen) atoms. The van der Waals surface area contributed by atoms with Crippen LogP contribution in [0.4, 0.5) is 10.9 Å². The normalized spacial score (nSPS) is 10.7. The summed E-state index contributed by atoms with van der Waals surface area (Å²) in [7, 11) is 0. The summed E-state index contributed by atoms with van der Waals surface area (Å²) in [5.74, 6) is 0.288. The third kappa shape index (κ3) is 2.63. The Kier molecular flexibility index (Phi) is 3.37. The number of hydrogen-bond acceptors (Lipinski definition) is 5. The van der Waals surface area contributed by atoms with Crippen molar-refractivity contribution in [3.8, 4) is 0 Å². The standard InChI is InChI=1S/C13H9BrN4OS/c14-8-2-4-11(16-6-8)18-12(19)7-1-3-9-10(5-7)20-13(15)17-9/h1-6H,(H2,15,17)(H,16,18,19). The lowest BCUT2D eigenvalue weighted by atomic mass is 10.2. The van der Waals surface area contributed by atoms with Gasteiger partial charge in [0.05, 0.1) is 10.2 Å². The number of carbonyl (C=O) groups excluding carboxylic acids is 1.